The zero-order valence-electron chi connectivity index (χ0n) is 10.9. The van der Waals surface area contributed by atoms with E-state index >= 15 is 0 Å². The van der Waals surface area contributed by atoms with Gasteiger partial charge in [-0.05, 0) is 34.1 Å². The Hall–Kier alpha value is -0.920. The van der Waals surface area contributed by atoms with Crippen LogP contribution in [-0.4, -0.2) is 49.6 Å². The van der Waals surface area contributed by atoms with Gasteiger partial charge in [0.15, 0.2) is 0 Å². The summed E-state index contributed by atoms with van der Waals surface area (Å²) in [7, 11) is 1.55. The molecule has 1 atom stereocenters. The lowest BCUT2D eigenvalue weighted by atomic mass is 10.1. The van der Waals surface area contributed by atoms with Crippen molar-refractivity contribution in [1.29, 1.82) is 0 Å². The molecule has 1 heterocycles. The van der Waals surface area contributed by atoms with Gasteiger partial charge in [-0.2, -0.15) is 0 Å². The summed E-state index contributed by atoms with van der Waals surface area (Å²) in [6, 6.07) is 4.75. The van der Waals surface area contributed by atoms with Gasteiger partial charge < -0.3 is 15.0 Å². The zero-order valence-corrected chi connectivity index (χ0v) is 14.0. The largest absolute Gasteiger partial charge is 0.377 e. The third-order valence-corrected chi connectivity index (χ3v) is 4.25. The number of hydrogen-bond acceptors (Lipinski definition) is 3. The van der Waals surface area contributed by atoms with Crippen LogP contribution in [0.5, 0.6) is 0 Å². The van der Waals surface area contributed by atoms with E-state index in [0.717, 1.165) is 4.47 Å². The van der Waals surface area contributed by atoms with E-state index in [-0.39, 0.29) is 18.4 Å². The second-order valence-corrected chi connectivity index (χ2v) is 6.10. The Balaban J connectivity index is 2.27. The van der Waals surface area contributed by atoms with Gasteiger partial charge in [-0.3, -0.25) is 9.59 Å². The number of likely N-dealkylation sites (N-methyl/N-ethyl adjacent to an activating group) is 1. The number of nitrogens with one attached hydrogen (secondary N) is 1. The smallest absolute Gasteiger partial charge is 0.255 e. The number of hydrogen-bond donors (Lipinski definition) is 1. The maximum Gasteiger partial charge on any atom is 0.255 e. The van der Waals surface area contributed by atoms with E-state index in [4.69, 9.17) is 4.74 Å². The lowest BCUT2D eigenvalue weighted by Gasteiger charge is -2.34. The molecule has 2 rings (SSSR count). The number of rotatable bonds is 2. The van der Waals surface area contributed by atoms with Crippen molar-refractivity contribution in [3.8, 4) is 0 Å². The van der Waals surface area contributed by atoms with Crippen molar-refractivity contribution in [3.63, 3.8) is 0 Å². The summed E-state index contributed by atoms with van der Waals surface area (Å²) >= 11 is 6.73. The van der Waals surface area contributed by atoms with Gasteiger partial charge in [0.05, 0.1) is 18.8 Å². The molecule has 1 fully saturated rings. The summed E-state index contributed by atoms with van der Waals surface area (Å²) in [5.41, 5.74) is 0.531. The van der Waals surface area contributed by atoms with Gasteiger partial charge in [-0.15, -0.1) is 0 Å². The second kappa shape index (κ2) is 6.69. The third kappa shape index (κ3) is 3.21. The number of benzene rings is 1. The van der Waals surface area contributed by atoms with E-state index in [1.165, 1.54) is 0 Å². The summed E-state index contributed by atoms with van der Waals surface area (Å²) in [4.78, 5) is 26.0. The van der Waals surface area contributed by atoms with Crippen molar-refractivity contribution in [3.05, 3.63) is 32.7 Å². The molecule has 0 spiro atoms. The quantitative estimate of drug-likeness (QED) is 0.816. The second-order valence-electron chi connectivity index (χ2n) is 4.33. The standard InChI is InChI=1S/C13H14Br2N2O3/c1-16-12(18)11-7-20-5-4-17(11)13(19)9-3-2-8(14)6-10(9)15/h2-3,6,11H,4-5,7H2,1H3,(H,16,18). The highest BCUT2D eigenvalue weighted by atomic mass is 79.9. The molecule has 0 saturated carbocycles. The van der Waals surface area contributed by atoms with Crippen LogP contribution in [0.3, 0.4) is 0 Å². The lowest BCUT2D eigenvalue weighted by molar-refractivity contribution is -0.130. The van der Waals surface area contributed by atoms with E-state index < -0.39 is 6.04 Å². The van der Waals surface area contributed by atoms with Crippen LogP contribution < -0.4 is 5.32 Å². The van der Waals surface area contributed by atoms with Crippen LogP contribution >= 0.6 is 31.9 Å². The fraction of sp³-hybridized carbons (Fsp3) is 0.385. The molecule has 20 heavy (non-hydrogen) atoms. The van der Waals surface area contributed by atoms with Crippen LogP contribution in [0.4, 0.5) is 0 Å². The van der Waals surface area contributed by atoms with Crippen molar-refractivity contribution in [2.24, 2.45) is 0 Å². The van der Waals surface area contributed by atoms with Gasteiger partial charge in [0.1, 0.15) is 6.04 Å². The van der Waals surface area contributed by atoms with Gasteiger partial charge in [0.2, 0.25) is 5.91 Å². The first-order valence-corrected chi connectivity index (χ1v) is 7.68. The maximum absolute atomic E-state index is 12.6. The number of ether oxygens (including phenoxy) is 1. The Morgan fingerprint density at radius 3 is 2.80 bits per heavy atom. The average Bonchev–Trinajstić information content (AvgIpc) is 2.46. The Labute approximate surface area is 133 Å². The number of amides is 2. The minimum atomic E-state index is -0.586. The molecule has 7 heteroatoms. The molecule has 2 amide bonds. The fourth-order valence-corrected chi connectivity index (χ4v) is 3.26. The Kier molecular flexibility index (Phi) is 5.17. The Morgan fingerprint density at radius 1 is 1.40 bits per heavy atom. The van der Waals surface area contributed by atoms with Crippen LogP contribution in [0.1, 0.15) is 10.4 Å². The van der Waals surface area contributed by atoms with Crippen LogP contribution in [0, 0.1) is 0 Å². The molecule has 1 saturated heterocycles. The Morgan fingerprint density at radius 2 is 2.15 bits per heavy atom. The first-order valence-electron chi connectivity index (χ1n) is 6.10. The molecule has 0 aliphatic carbocycles. The third-order valence-electron chi connectivity index (χ3n) is 3.10. The first-order chi connectivity index (χ1) is 9.54. The molecule has 1 aromatic rings. The molecular weight excluding hydrogens is 392 g/mol. The van der Waals surface area contributed by atoms with E-state index in [0.29, 0.717) is 23.2 Å². The van der Waals surface area contributed by atoms with E-state index in [1.807, 2.05) is 6.07 Å². The van der Waals surface area contributed by atoms with Crippen molar-refractivity contribution in [1.82, 2.24) is 10.2 Å². The molecule has 1 N–H and O–H groups in total. The monoisotopic (exact) mass is 404 g/mol. The average molecular weight is 406 g/mol. The lowest BCUT2D eigenvalue weighted by Crippen LogP contribution is -2.55. The number of carbonyl (C=O) groups excluding carboxylic acids is 2. The SMILES string of the molecule is CNC(=O)C1COCCN1C(=O)c1ccc(Br)cc1Br. The minimum Gasteiger partial charge on any atom is -0.377 e. The predicted octanol–water partition coefficient (Wildman–Crippen LogP) is 1.80. The highest BCUT2D eigenvalue weighted by Crippen LogP contribution is 2.24. The number of morpholine rings is 1. The van der Waals surface area contributed by atoms with Crippen molar-refractivity contribution in [2.45, 2.75) is 6.04 Å². The molecule has 0 radical (unpaired) electrons. The molecule has 1 unspecified atom stereocenters. The maximum atomic E-state index is 12.6. The molecule has 0 aromatic heterocycles. The van der Waals surface area contributed by atoms with E-state index in [9.17, 15) is 9.59 Å². The van der Waals surface area contributed by atoms with E-state index in [1.54, 1.807) is 24.1 Å². The summed E-state index contributed by atoms with van der Waals surface area (Å²) < 4.78 is 6.87. The van der Waals surface area contributed by atoms with Gasteiger partial charge in [-0.1, -0.05) is 15.9 Å². The summed E-state index contributed by atoms with van der Waals surface area (Å²) in [5.74, 6) is -0.396. The highest BCUT2D eigenvalue weighted by Gasteiger charge is 2.33. The number of carbonyl (C=O) groups is 2. The van der Waals surface area contributed by atoms with E-state index in [2.05, 4.69) is 37.2 Å². The van der Waals surface area contributed by atoms with Crippen molar-refractivity contribution < 1.29 is 14.3 Å². The molecule has 1 aliphatic rings. The highest BCUT2D eigenvalue weighted by molar-refractivity contribution is 9.11. The Bertz CT molecular complexity index is 536. The normalized spacial score (nSPS) is 18.8. The summed E-state index contributed by atoms with van der Waals surface area (Å²) in [6.45, 7) is 1.06. The van der Waals surface area contributed by atoms with Crippen molar-refractivity contribution >= 4 is 43.7 Å². The van der Waals surface area contributed by atoms with Crippen LogP contribution in [0.15, 0.2) is 27.1 Å². The van der Waals surface area contributed by atoms with Crippen LogP contribution in [-0.2, 0) is 9.53 Å². The minimum absolute atomic E-state index is 0.179. The number of nitrogens with zero attached hydrogens (tertiary/aromatic N) is 1. The predicted molar refractivity (Wildman–Crippen MR) is 81.6 cm³/mol. The van der Waals surface area contributed by atoms with Gasteiger partial charge >= 0.3 is 0 Å². The number of halogens is 2. The molecule has 108 valence electrons. The molecule has 5 nitrogen and oxygen atoms in total. The van der Waals surface area contributed by atoms with Crippen LogP contribution in [0.25, 0.3) is 0 Å². The van der Waals surface area contributed by atoms with Gasteiger partial charge in [0.25, 0.3) is 5.91 Å². The molecular formula is C13H14Br2N2O3. The first kappa shape index (κ1) is 15.5. The summed E-state index contributed by atoms with van der Waals surface area (Å²) in [6.07, 6.45) is 0. The molecule has 1 aromatic carbocycles. The zero-order chi connectivity index (χ0) is 14.7. The molecule has 0 bridgehead atoms. The van der Waals surface area contributed by atoms with Crippen LogP contribution in [0.2, 0.25) is 0 Å². The summed E-state index contributed by atoms with van der Waals surface area (Å²) in [5, 5.41) is 2.56. The van der Waals surface area contributed by atoms with Gasteiger partial charge in [-0.25, -0.2) is 0 Å². The van der Waals surface area contributed by atoms with Crippen molar-refractivity contribution in [2.75, 3.05) is 26.8 Å². The molecule has 1 aliphatic heterocycles. The topological polar surface area (TPSA) is 58.6 Å². The van der Waals surface area contributed by atoms with Gasteiger partial charge in [0, 0.05) is 22.5 Å². The fourth-order valence-electron chi connectivity index (χ4n) is 2.05.